The molecule has 0 radical (unpaired) electrons. The zero-order valence-electron chi connectivity index (χ0n) is 11.4. The first kappa shape index (κ1) is 14.1. The molecule has 104 valence electrons. The average molecular weight is 280 g/mol. The van der Waals surface area contributed by atoms with E-state index in [1.54, 1.807) is 11.3 Å². The fraction of sp³-hybridized carbons (Fsp3) is 0.571. The summed E-state index contributed by atoms with van der Waals surface area (Å²) in [7, 11) is 0. The first-order valence-electron chi connectivity index (χ1n) is 6.66. The lowest BCUT2D eigenvalue weighted by Gasteiger charge is -2.05. The molecule has 2 rings (SSSR count). The minimum atomic E-state index is -0.0183. The van der Waals surface area contributed by atoms with Gasteiger partial charge in [-0.2, -0.15) is 0 Å². The van der Waals surface area contributed by atoms with Crippen molar-refractivity contribution >= 4 is 23.2 Å². The Morgan fingerprint density at radius 2 is 2.11 bits per heavy atom. The van der Waals surface area contributed by atoms with Crippen molar-refractivity contribution in [2.24, 2.45) is 11.8 Å². The molecule has 2 atom stereocenters. The summed E-state index contributed by atoms with van der Waals surface area (Å²) in [6.45, 7) is 5.12. The van der Waals surface area contributed by atoms with Crippen LogP contribution < -0.4 is 10.6 Å². The summed E-state index contributed by atoms with van der Waals surface area (Å²) in [5.74, 6) is 0.762. The van der Waals surface area contributed by atoms with Crippen LogP contribution in [0.15, 0.2) is 12.1 Å². The van der Waals surface area contributed by atoms with Crippen LogP contribution in [0.3, 0.4) is 0 Å². The van der Waals surface area contributed by atoms with Crippen molar-refractivity contribution in [2.45, 2.75) is 33.2 Å². The van der Waals surface area contributed by atoms with Gasteiger partial charge < -0.3 is 10.6 Å². The Hall–Kier alpha value is -1.36. The molecular weight excluding hydrogens is 260 g/mol. The monoisotopic (exact) mass is 280 g/mol. The Bertz CT molecular complexity index is 470. The SMILES string of the molecule is Cc1ccc(CNC(=O)CCNC(=O)[C@H]2C[C@H]2C)s1. The molecule has 1 fully saturated rings. The predicted molar refractivity (Wildman–Crippen MR) is 75.8 cm³/mol. The molecule has 0 aliphatic heterocycles. The fourth-order valence-corrected chi connectivity index (χ4v) is 2.80. The molecule has 0 spiro atoms. The molecule has 1 aromatic heterocycles. The van der Waals surface area contributed by atoms with Gasteiger partial charge >= 0.3 is 0 Å². The minimum absolute atomic E-state index is 0.0183. The van der Waals surface area contributed by atoms with Crippen molar-refractivity contribution in [1.82, 2.24) is 10.6 Å². The van der Waals surface area contributed by atoms with Gasteiger partial charge in [-0.15, -0.1) is 11.3 Å². The predicted octanol–water partition coefficient (Wildman–Crippen LogP) is 1.84. The van der Waals surface area contributed by atoms with Crippen LogP contribution in [-0.2, 0) is 16.1 Å². The molecule has 0 aromatic carbocycles. The summed E-state index contributed by atoms with van der Waals surface area (Å²) >= 11 is 1.69. The largest absolute Gasteiger partial charge is 0.355 e. The minimum Gasteiger partial charge on any atom is -0.355 e. The van der Waals surface area contributed by atoms with Crippen molar-refractivity contribution in [1.29, 1.82) is 0 Å². The third kappa shape index (κ3) is 4.35. The zero-order valence-corrected chi connectivity index (χ0v) is 12.2. The molecule has 1 heterocycles. The topological polar surface area (TPSA) is 58.2 Å². The smallest absolute Gasteiger partial charge is 0.223 e. The Morgan fingerprint density at radius 1 is 1.37 bits per heavy atom. The highest BCUT2D eigenvalue weighted by Crippen LogP contribution is 2.37. The van der Waals surface area contributed by atoms with E-state index in [4.69, 9.17) is 0 Å². The van der Waals surface area contributed by atoms with Crippen molar-refractivity contribution in [2.75, 3.05) is 6.54 Å². The summed E-state index contributed by atoms with van der Waals surface area (Å²) in [5.41, 5.74) is 0. The van der Waals surface area contributed by atoms with E-state index in [2.05, 4.69) is 17.6 Å². The number of hydrogen-bond donors (Lipinski definition) is 2. The van der Waals surface area contributed by atoms with Gasteiger partial charge in [0.05, 0.1) is 6.54 Å². The van der Waals surface area contributed by atoms with Crippen LogP contribution in [0, 0.1) is 18.8 Å². The highest BCUT2D eigenvalue weighted by molar-refractivity contribution is 7.11. The van der Waals surface area contributed by atoms with Crippen molar-refractivity contribution in [3.63, 3.8) is 0 Å². The summed E-state index contributed by atoms with van der Waals surface area (Å²) in [6, 6.07) is 4.07. The molecule has 1 aliphatic rings. The molecule has 1 aliphatic carbocycles. The first-order chi connectivity index (χ1) is 9.06. The van der Waals surface area contributed by atoms with E-state index in [1.807, 2.05) is 19.1 Å². The van der Waals surface area contributed by atoms with Gasteiger partial charge in [0.25, 0.3) is 0 Å². The highest BCUT2D eigenvalue weighted by Gasteiger charge is 2.38. The van der Waals surface area contributed by atoms with Gasteiger partial charge in [-0.25, -0.2) is 0 Å². The third-order valence-corrected chi connectivity index (χ3v) is 4.35. The Labute approximate surface area is 117 Å². The van der Waals surface area contributed by atoms with Crippen LogP contribution >= 0.6 is 11.3 Å². The van der Waals surface area contributed by atoms with E-state index in [9.17, 15) is 9.59 Å². The number of aryl methyl sites for hydroxylation is 1. The summed E-state index contributed by atoms with van der Waals surface area (Å²) in [5, 5.41) is 5.67. The number of rotatable bonds is 6. The first-order valence-corrected chi connectivity index (χ1v) is 7.47. The van der Waals surface area contributed by atoms with E-state index in [1.165, 1.54) is 4.88 Å². The molecule has 2 N–H and O–H groups in total. The van der Waals surface area contributed by atoms with Gasteiger partial charge in [0.15, 0.2) is 0 Å². The van der Waals surface area contributed by atoms with Gasteiger partial charge in [0.1, 0.15) is 0 Å². The molecule has 1 aromatic rings. The van der Waals surface area contributed by atoms with Crippen molar-refractivity contribution < 1.29 is 9.59 Å². The Balaban J connectivity index is 1.58. The second-order valence-electron chi connectivity index (χ2n) is 5.15. The van der Waals surface area contributed by atoms with Crippen LogP contribution in [0.5, 0.6) is 0 Å². The molecule has 0 unspecified atom stereocenters. The molecule has 0 bridgehead atoms. The van der Waals surface area contributed by atoms with Crippen LogP contribution in [0.1, 0.15) is 29.5 Å². The summed E-state index contributed by atoms with van der Waals surface area (Å²) in [4.78, 5) is 25.5. The summed E-state index contributed by atoms with van der Waals surface area (Å²) < 4.78 is 0. The molecule has 5 heteroatoms. The standard InChI is InChI=1S/C14H20N2O2S/c1-9-7-12(9)14(18)15-6-5-13(17)16-8-11-4-3-10(2)19-11/h3-4,9,12H,5-8H2,1-2H3,(H,15,18)(H,16,17)/t9-,12+/m1/s1. The molecule has 2 amide bonds. The number of carbonyl (C=O) groups is 2. The summed E-state index contributed by atoms with van der Waals surface area (Å²) in [6.07, 6.45) is 1.33. The maximum Gasteiger partial charge on any atom is 0.223 e. The van der Waals surface area contributed by atoms with Crippen molar-refractivity contribution in [3.05, 3.63) is 21.9 Å². The number of thiophene rings is 1. The van der Waals surface area contributed by atoms with Gasteiger partial charge in [0.2, 0.25) is 11.8 Å². The second-order valence-corrected chi connectivity index (χ2v) is 6.52. The maximum absolute atomic E-state index is 11.6. The molecule has 1 saturated carbocycles. The number of nitrogens with one attached hydrogen (secondary N) is 2. The van der Waals surface area contributed by atoms with E-state index in [-0.39, 0.29) is 17.7 Å². The normalized spacial score (nSPS) is 20.9. The van der Waals surface area contributed by atoms with E-state index >= 15 is 0 Å². The van der Waals surface area contributed by atoms with Gasteiger partial charge in [-0.1, -0.05) is 6.92 Å². The van der Waals surface area contributed by atoms with Crippen LogP contribution in [0.25, 0.3) is 0 Å². The van der Waals surface area contributed by atoms with Crippen LogP contribution in [0.4, 0.5) is 0 Å². The second kappa shape index (κ2) is 6.19. The third-order valence-electron chi connectivity index (χ3n) is 3.35. The van der Waals surface area contributed by atoms with E-state index in [0.29, 0.717) is 25.4 Å². The van der Waals surface area contributed by atoms with Gasteiger partial charge in [0, 0.05) is 28.6 Å². The molecule has 0 saturated heterocycles. The Morgan fingerprint density at radius 3 is 2.68 bits per heavy atom. The highest BCUT2D eigenvalue weighted by atomic mass is 32.1. The van der Waals surface area contributed by atoms with Crippen LogP contribution in [-0.4, -0.2) is 18.4 Å². The fourth-order valence-electron chi connectivity index (χ4n) is 1.97. The zero-order chi connectivity index (χ0) is 13.8. The van der Waals surface area contributed by atoms with Crippen LogP contribution in [0.2, 0.25) is 0 Å². The number of carbonyl (C=O) groups excluding carboxylic acids is 2. The van der Waals surface area contributed by atoms with E-state index < -0.39 is 0 Å². The lowest BCUT2D eigenvalue weighted by atomic mass is 10.3. The van der Waals surface area contributed by atoms with E-state index in [0.717, 1.165) is 11.3 Å². The lowest BCUT2D eigenvalue weighted by molar-refractivity contribution is -0.123. The van der Waals surface area contributed by atoms with Crippen molar-refractivity contribution in [3.8, 4) is 0 Å². The average Bonchev–Trinajstić information content (AvgIpc) is 2.95. The molecule has 4 nitrogen and oxygen atoms in total. The lowest BCUT2D eigenvalue weighted by Crippen LogP contribution is -2.31. The van der Waals surface area contributed by atoms with Gasteiger partial charge in [-0.3, -0.25) is 9.59 Å². The number of amides is 2. The molecule has 19 heavy (non-hydrogen) atoms. The number of hydrogen-bond acceptors (Lipinski definition) is 3. The van der Waals surface area contributed by atoms with Gasteiger partial charge in [-0.05, 0) is 31.4 Å². The quantitative estimate of drug-likeness (QED) is 0.835. The Kier molecular flexibility index (Phi) is 4.58. The molecular formula is C14H20N2O2S. The maximum atomic E-state index is 11.6.